The van der Waals surface area contributed by atoms with Crippen LogP contribution in [0.2, 0.25) is 0 Å². The van der Waals surface area contributed by atoms with Crippen LogP contribution in [0.1, 0.15) is 5.56 Å². The molecule has 1 amide bonds. The average Bonchev–Trinajstić information content (AvgIpc) is 2.47. The molecule has 0 saturated heterocycles. The number of nitrogens with zero attached hydrogens (tertiary/aromatic N) is 1. The minimum atomic E-state index is -1.33. The van der Waals surface area contributed by atoms with Gasteiger partial charge in [0.15, 0.2) is 0 Å². The maximum Gasteiger partial charge on any atom is 1.00 e. The molecule has 1 atom stereocenters. The summed E-state index contributed by atoms with van der Waals surface area (Å²) >= 11 is 0. The van der Waals surface area contributed by atoms with Crippen LogP contribution in [-0.2, 0) is 16.0 Å². The Kier molecular flexibility index (Phi) is 4.52. The van der Waals surface area contributed by atoms with Crippen LogP contribution < -0.4 is 28.9 Å². The van der Waals surface area contributed by atoms with E-state index in [1.165, 1.54) is 4.90 Å². The van der Waals surface area contributed by atoms with Crippen molar-refractivity contribution in [1.82, 2.24) is 0 Å². The number of carbonyl (C=O) groups is 2. The third-order valence-corrected chi connectivity index (χ3v) is 3.47. The van der Waals surface area contributed by atoms with Crippen molar-refractivity contribution in [1.29, 1.82) is 0 Å². The quantitative estimate of drug-likeness (QED) is 0.483. The molecule has 0 aromatic heterocycles. The fourth-order valence-corrected chi connectivity index (χ4v) is 2.51. The molecule has 0 saturated carbocycles. The van der Waals surface area contributed by atoms with Crippen molar-refractivity contribution < 1.29 is 33.6 Å². The van der Waals surface area contributed by atoms with Crippen LogP contribution in [0.4, 0.5) is 11.4 Å². The van der Waals surface area contributed by atoms with E-state index >= 15 is 0 Å². The maximum atomic E-state index is 12.4. The number of aliphatic carboxylic acids is 1. The van der Waals surface area contributed by atoms with Crippen molar-refractivity contribution in [2.75, 3.05) is 4.90 Å². The molecule has 2 aromatic rings. The first-order valence-electron chi connectivity index (χ1n) is 6.36. The standard InChI is InChI=1S/C16H13NO3.Li/c18-15-13(16(19)20)10-11-6-4-5-9-14(11)17(15)12-7-2-1-3-8-12;/h1-9,13H,10H2,(H,19,20);/q;+1/p-1. The van der Waals surface area contributed by atoms with Crippen molar-refractivity contribution in [2.24, 2.45) is 5.92 Å². The molecule has 0 N–H and O–H groups in total. The summed E-state index contributed by atoms with van der Waals surface area (Å²) in [5.41, 5.74) is 2.24. The van der Waals surface area contributed by atoms with E-state index in [1.54, 1.807) is 12.1 Å². The molecule has 1 aliphatic heterocycles. The molecule has 2 aromatic carbocycles. The first-order chi connectivity index (χ1) is 9.68. The van der Waals surface area contributed by atoms with Gasteiger partial charge in [-0.3, -0.25) is 9.69 Å². The molecule has 1 heterocycles. The van der Waals surface area contributed by atoms with Crippen LogP contribution in [0.5, 0.6) is 0 Å². The predicted molar refractivity (Wildman–Crippen MR) is 72.2 cm³/mol. The van der Waals surface area contributed by atoms with Gasteiger partial charge in [0.1, 0.15) is 0 Å². The molecule has 0 fully saturated rings. The summed E-state index contributed by atoms with van der Waals surface area (Å²) in [6, 6.07) is 16.4. The van der Waals surface area contributed by atoms with Crippen molar-refractivity contribution in [3.05, 3.63) is 60.2 Å². The molecule has 0 bridgehead atoms. The molecule has 21 heavy (non-hydrogen) atoms. The summed E-state index contributed by atoms with van der Waals surface area (Å²) in [6.45, 7) is 0. The van der Waals surface area contributed by atoms with Crippen LogP contribution >= 0.6 is 0 Å². The molecule has 5 heteroatoms. The molecule has 0 radical (unpaired) electrons. The Labute approximate surface area is 134 Å². The number of rotatable bonds is 2. The zero-order valence-corrected chi connectivity index (χ0v) is 11.7. The number of anilines is 2. The zero-order chi connectivity index (χ0) is 14.1. The Bertz CT molecular complexity index is 672. The first kappa shape index (κ1) is 15.4. The van der Waals surface area contributed by atoms with E-state index in [0.717, 1.165) is 11.3 Å². The predicted octanol–water partition coefficient (Wildman–Crippen LogP) is -1.72. The molecule has 0 aliphatic carbocycles. The maximum absolute atomic E-state index is 12.4. The minimum absolute atomic E-state index is 0. The van der Waals surface area contributed by atoms with Gasteiger partial charge in [-0.15, -0.1) is 0 Å². The molecule has 100 valence electrons. The van der Waals surface area contributed by atoms with Gasteiger partial charge >= 0.3 is 18.9 Å². The van der Waals surface area contributed by atoms with E-state index in [1.807, 2.05) is 42.5 Å². The van der Waals surface area contributed by atoms with Gasteiger partial charge in [0.2, 0.25) is 5.91 Å². The second-order valence-electron chi connectivity index (χ2n) is 4.71. The van der Waals surface area contributed by atoms with Gasteiger partial charge < -0.3 is 9.90 Å². The Morgan fingerprint density at radius 1 is 1.05 bits per heavy atom. The number of benzene rings is 2. The van der Waals surface area contributed by atoms with Gasteiger partial charge in [0.25, 0.3) is 0 Å². The monoisotopic (exact) mass is 273 g/mol. The summed E-state index contributed by atoms with van der Waals surface area (Å²) in [5.74, 6) is -2.91. The van der Waals surface area contributed by atoms with Gasteiger partial charge in [-0.2, -0.15) is 0 Å². The van der Waals surface area contributed by atoms with E-state index in [0.29, 0.717) is 5.69 Å². The average molecular weight is 273 g/mol. The van der Waals surface area contributed by atoms with Crippen LogP contribution in [0.3, 0.4) is 0 Å². The number of para-hydroxylation sites is 2. The second kappa shape index (κ2) is 6.17. The number of carboxylic acids is 1. The summed E-state index contributed by atoms with van der Waals surface area (Å²) in [6.07, 6.45) is 0.181. The van der Waals surface area contributed by atoms with Gasteiger partial charge in [-0.05, 0) is 30.2 Å². The van der Waals surface area contributed by atoms with Gasteiger partial charge in [-0.25, -0.2) is 0 Å². The molecule has 0 spiro atoms. The van der Waals surface area contributed by atoms with Gasteiger partial charge in [0, 0.05) is 5.69 Å². The molecule has 1 unspecified atom stereocenters. The third kappa shape index (κ3) is 2.73. The Morgan fingerprint density at radius 3 is 2.33 bits per heavy atom. The van der Waals surface area contributed by atoms with Crippen LogP contribution in [0, 0.1) is 5.92 Å². The Morgan fingerprint density at radius 2 is 1.67 bits per heavy atom. The minimum Gasteiger partial charge on any atom is -0.549 e. The number of amides is 1. The fourth-order valence-electron chi connectivity index (χ4n) is 2.51. The van der Waals surface area contributed by atoms with E-state index in [9.17, 15) is 14.7 Å². The summed E-state index contributed by atoms with van der Waals surface area (Å²) < 4.78 is 0. The van der Waals surface area contributed by atoms with Crippen LogP contribution in [-0.4, -0.2) is 11.9 Å². The van der Waals surface area contributed by atoms with E-state index in [4.69, 9.17) is 0 Å². The van der Waals surface area contributed by atoms with E-state index in [2.05, 4.69) is 0 Å². The van der Waals surface area contributed by atoms with Gasteiger partial charge in [0.05, 0.1) is 17.6 Å². The number of carboxylic acid groups (broad SMARTS) is 1. The summed E-state index contributed by atoms with van der Waals surface area (Å²) in [4.78, 5) is 25.1. The number of carbonyl (C=O) groups excluding carboxylic acids is 2. The van der Waals surface area contributed by atoms with Crippen LogP contribution in [0.15, 0.2) is 54.6 Å². The van der Waals surface area contributed by atoms with Crippen molar-refractivity contribution in [3.63, 3.8) is 0 Å². The second-order valence-corrected chi connectivity index (χ2v) is 4.71. The van der Waals surface area contributed by atoms with Crippen molar-refractivity contribution in [2.45, 2.75) is 6.42 Å². The number of hydrogen-bond donors (Lipinski definition) is 0. The zero-order valence-electron chi connectivity index (χ0n) is 11.7. The van der Waals surface area contributed by atoms with Crippen LogP contribution in [0.25, 0.3) is 0 Å². The summed E-state index contributed by atoms with van der Waals surface area (Å²) in [5, 5.41) is 11.2. The third-order valence-electron chi connectivity index (χ3n) is 3.47. The SMILES string of the molecule is O=C([O-])C1Cc2ccccc2N(c2ccccc2)C1=O.[Li+]. The summed E-state index contributed by atoms with van der Waals surface area (Å²) in [7, 11) is 0. The smallest absolute Gasteiger partial charge is 0.549 e. The van der Waals surface area contributed by atoms with Gasteiger partial charge in [-0.1, -0.05) is 36.4 Å². The Balaban J connectivity index is 0.00000161. The number of fused-ring (bicyclic) bond motifs is 1. The molecular weight excluding hydrogens is 261 g/mol. The molecular formula is C16H12LiNO3. The normalized spacial score (nSPS) is 16.9. The van der Waals surface area contributed by atoms with Crippen molar-refractivity contribution >= 4 is 23.3 Å². The number of hydrogen-bond acceptors (Lipinski definition) is 3. The molecule has 3 rings (SSSR count). The van der Waals surface area contributed by atoms with E-state index in [-0.39, 0.29) is 25.3 Å². The topological polar surface area (TPSA) is 60.4 Å². The molecule has 4 nitrogen and oxygen atoms in total. The van der Waals surface area contributed by atoms with E-state index < -0.39 is 17.8 Å². The van der Waals surface area contributed by atoms with Crippen molar-refractivity contribution in [3.8, 4) is 0 Å². The first-order valence-corrected chi connectivity index (χ1v) is 6.36. The fraction of sp³-hybridized carbons (Fsp3) is 0.125. The molecule has 1 aliphatic rings. The Hall–Kier alpha value is -2.02. The largest absolute Gasteiger partial charge is 1.00 e.